The van der Waals surface area contributed by atoms with Crippen LogP contribution < -0.4 is 5.32 Å². The van der Waals surface area contributed by atoms with Crippen LogP contribution in [0, 0.1) is 5.92 Å². The Bertz CT molecular complexity index is 548. The SMILES string of the molecule is CC(C)NC(=O)c1cn2c(n1)[C@@H](C)N(C(=O)C(C)C)CC2. The molecule has 0 spiro atoms. The minimum absolute atomic E-state index is 0.0299. The Kier molecular flexibility index (Phi) is 4.34. The summed E-state index contributed by atoms with van der Waals surface area (Å²) in [4.78, 5) is 30.5. The Labute approximate surface area is 125 Å². The zero-order chi connectivity index (χ0) is 15.7. The fraction of sp³-hybridized carbons (Fsp3) is 0.667. The summed E-state index contributed by atoms with van der Waals surface area (Å²) in [6.07, 6.45) is 1.78. The van der Waals surface area contributed by atoms with Crippen LogP contribution in [0.3, 0.4) is 0 Å². The van der Waals surface area contributed by atoms with E-state index in [0.717, 1.165) is 5.82 Å². The van der Waals surface area contributed by atoms with Gasteiger partial charge in [-0.1, -0.05) is 13.8 Å². The van der Waals surface area contributed by atoms with Crippen molar-refractivity contribution in [3.05, 3.63) is 17.7 Å². The van der Waals surface area contributed by atoms with Gasteiger partial charge in [-0.2, -0.15) is 0 Å². The van der Waals surface area contributed by atoms with E-state index in [1.54, 1.807) is 6.20 Å². The molecule has 1 atom stereocenters. The topological polar surface area (TPSA) is 67.2 Å². The molecule has 1 aliphatic heterocycles. The van der Waals surface area contributed by atoms with E-state index in [2.05, 4.69) is 10.3 Å². The molecule has 0 radical (unpaired) electrons. The predicted octanol–water partition coefficient (Wildman–Crippen LogP) is 1.58. The van der Waals surface area contributed by atoms with Crippen molar-refractivity contribution in [2.75, 3.05) is 6.54 Å². The van der Waals surface area contributed by atoms with Crippen LogP contribution in [0.5, 0.6) is 0 Å². The van der Waals surface area contributed by atoms with Gasteiger partial charge in [0.25, 0.3) is 5.91 Å². The van der Waals surface area contributed by atoms with Gasteiger partial charge in [0.15, 0.2) is 0 Å². The average molecular weight is 292 g/mol. The molecule has 2 heterocycles. The third-order valence-corrected chi connectivity index (χ3v) is 3.66. The average Bonchev–Trinajstić information content (AvgIpc) is 2.82. The second-order valence-corrected chi connectivity index (χ2v) is 6.17. The van der Waals surface area contributed by atoms with Crippen molar-refractivity contribution in [2.24, 2.45) is 5.92 Å². The molecule has 0 fully saturated rings. The Balaban J connectivity index is 2.22. The van der Waals surface area contributed by atoms with E-state index >= 15 is 0 Å². The molecule has 2 amide bonds. The maximum Gasteiger partial charge on any atom is 0.271 e. The van der Waals surface area contributed by atoms with Crippen molar-refractivity contribution in [2.45, 2.75) is 53.2 Å². The number of nitrogens with one attached hydrogen (secondary N) is 1. The third kappa shape index (κ3) is 3.09. The van der Waals surface area contributed by atoms with Gasteiger partial charge in [0.2, 0.25) is 5.91 Å². The summed E-state index contributed by atoms with van der Waals surface area (Å²) in [5.74, 6) is 0.715. The molecule has 1 aliphatic rings. The van der Waals surface area contributed by atoms with Crippen LogP contribution in [0.25, 0.3) is 0 Å². The van der Waals surface area contributed by atoms with Crippen molar-refractivity contribution in [3.63, 3.8) is 0 Å². The number of rotatable bonds is 3. The fourth-order valence-electron chi connectivity index (χ4n) is 2.57. The smallest absolute Gasteiger partial charge is 0.271 e. The number of carbonyl (C=O) groups excluding carboxylic acids is 2. The molecule has 6 heteroatoms. The summed E-state index contributed by atoms with van der Waals surface area (Å²) < 4.78 is 1.98. The van der Waals surface area contributed by atoms with Crippen LogP contribution in [0.2, 0.25) is 0 Å². The van der Waals surface area contributed by atoms with Crippen molar-refractivity contribution in [1.82, 2.24) is 19.8 Å². The number of hydrogen-bond donors (Lipinski definition) is 1. The summed E-state index contributed by atoms with van der Waals surface area (Å²) in [5.41, 5.74) is 0.421. The van der Waals surface area contributed by atoms with Gasteiger partial charge in [-0.05, 0) is 20.8 Å². The number of carbonyl (C=O) groups is 2. The lowest BCUT2D eigenvalue weighted by atomic mass is 10.1. The molecule has 1 aromatic rings. The zero-order valence-corrected chi connectivity index (χ0v) is 13.4. The van der Waals surface area contributed by atoms with Gasteiger partial charge in [0.05, 0.1) is 6.04 Å². The number of hydrogen-bond acceptors (Lipinski definition) is 3. The second-order valence-electron chi connectivity index (χ2n) is 6.17. The van der Waals surface area contributed by atoms with Gasteiger partial charge >= 0.3 is 0 Å². The number of nitrogens with zero attached hydrogens (tertiary/aromatic N) is 3. The van der Waals surface area contributed by atoms with Crippen molar-refractivity contribution in [3.8, 4) is 0 Å². The van der Waals surface area contributed by atoms with E-state index in [-0.39, 0.29) is 29.8 Å². The molecule has 6 nitrogen and oxygen atoms in total. The highest BCUT2D eigenvalue weighted by molar-refractivity contribution is 5.92. The van der Waals surface area contributed by atoms with Crippen LogP contribution >= 0.6 is 0 Å². The first-order chi connectivity index (χ1) is 9.81. The van der Waals surface area contributed by atoms with E-state index in [1.807, 2.05) is 44.1 Å². The molecule has 0 saturated heterocycles. The van der Waals surface area contributed by atoms with E-state index < -0.39 is 0 Å². The molecule has 2 rings (SSSR count). The van der Waals surface area contributed by atoms with Crippen LogP contribution in [-0.4, -0.2) is 38.9 Å². The van der Waals surface area contributed by atoms with Gasteiger partial charge in [0.1, 0.15) is 11.5 Å². The number of fused-ring (bicyclic) bond motifs is 1. The van der Waals surface area contributed by atoms with Gasteiger partial charge in [-0.3, -0.25) is 9.59 Å². The van der Waals surface area contributed by atoms with E-state index in [1.165, 1.54) is 0 Å². The zero-order valence-electron chi connectivity index (χ0n) is 13.4. The first kappa shape index (κ1) is 15.5. The number of imidazole rings is 1. The summed E-state index contributed by atoms with van der Waals surface area (Å²) >= 11 is 0. The summed E-state index contributed by atoms with van der Waals surface area (Å²) in [7, 11) is 0. The lowest BCUT2D eigenvalue weighted by molar-refractivity contribution is -0.137. The highest BCUT2D eigenvalue weighted by atomic mass is 16.2. The van der Waals surface area contributed by atoms with E-state index in [9.17, 15) is 9.59 Å². The summed E-state index contributed by atoms with van der Waals surface area (Å²) in [6, 6.07) is -0.0260. The second kappa shape index (κ2) is 5.87. The fourth-order valence-corrected chi connectivity index (χ4v) is 2.57. The number of aromatic nitrogens is 2. The maximum atomic E-state index is 12.2. The normalized spacial score (nSPS) is 18.0. The Morgan fingerprint density at radius 3 is 2.52 bits per heavy atom. The van der Waals surface area contributed by atoms with Gasteiger partial charge in [0, 0.05) is 31.2 Å². The molecule has 0 aliphatic carbocycles. The highest BCUT2D eigenvalue weighted by Crippen LogP contribution is 2.26. The van der Waals surface area contributed by atoms with Crippen LogP contribution in [0.1, 0.15) is 57.0 Å². The largest absolute Gasteiger partial charge is 0.348 e. The molecule has 1 N–H and O–H groups in total. The van der Waals surface area contributed by atoms with Crippen LogP contribution in [-0.2, 0) is 11.3 Å². The monoisotopic (exact) mass is 292 g/mol. The van der Waals surface area contributed by atoms with Crippen molar-refractivity contribution in [1.29, 1.82) is 0 Å². The standard InChI is InChI=1S/C15H24N4O2/c1-9(2)15(21)19-7-6-18-8-12(14(20)16-10(3)4)17-13(18)11(19)5/h8-11H,6-7H2,1-5H3,(H,16,20)/t11-/m1/s1. The van der Waals surface area contributed by atoms with Crippen LogP contribution in [0.4, 0.5) is 0 Å². The molecule has 0 aromatic carbocycles. The van der Waals surface area contributed by atoms with Crippen molar-refractivity contribution < 1.29 is 9.59 Å². The lowest BCUT2D eigenvalue weighted by Gasteiger charge is -2.34. The molecule has 1 aromatic heterocycles. The molecule has 0 saturated carbocycles. The Morgan fingerprint density at radius 2 is 1.95 bits per heavy atom. The Morgan fingerprint density at radius 1 is 1.29 bits per heavy atom. The van der Waals surface area contributed by atoms with Gasteiger partial charge in [-0.25, -0.2) is 4.98 Å². The summed E-state index contributed by atoms with van der Waals surface area (Å²) in [5, 5.41) is 2.84. The number of amides is 2. The Hall–Kier alpha value is -1.85. The third-order valence-electron chi connectivity index (χ3n) is 3.66. The minimum atomic E-state index is -0.166. The molecule has 21 heavy (non-hydrogen) atoms. The molecular formula is C15H24N4O2. The molecule has 116 valence electrons. The van der Waals surface area contributed by atoms with E-state index in [4.69, 9.17) is 0 Å². The molecular weight excluding hydrogens is 268 g/mol. The first-order valence-electron chi connectivity index (χ1n) is 7.49. The maximum absolute atomic E-state index is 12.2. The molecule has 0 unspecified atom stereocenters. The summed E-state index contributed by atoms with van der Waals surface area (Å²) in [6.45, 7) is 10.9. The quantitative estimate of drug-likeness (QED) is 0.919. The van der Waals surface area contributed by atoms with Crippen molar-refractivity contribution >= 4 is 11.8 Å². The lowest BCUT2D eigenvalue weighted by Crippen LogP contribution is -2.42. The highest BCUT2D eigenvalue weighted by Gasteiger charge is 2.31. The van der Waals surface area contributed by atoms with E-state index in [0.29, 0.717) is 18.8 Å². The first-order valence-corrected chi connectivity index (χ1v) is 7.49. The minimum Gasteiger partial charge on any atom is -0.348 e. The van der Waals surface area contributed by atoms with Gasteiger partial charge < -0.3 is 14.8 Å². The van der Waals surface area contributed by atoms with Crippen LogP contribution in [0.15, 0.2) is 6.20 Å². The molecule has 0 bridgehead atoms. The predicted molar refractivity (Wildman–Crippen MR) is 79.8 cm³/mol. The van der Waals surface area contributed by atoms with Gasteiger partial charge in [-0.15, -0.1) is 0 Å².